The summed E-state index contributed by atoms with van der Waals surface area (Å²) in [5.41, 5.74) is 11.0. The summed E-state index contributed by atoms with van der Waals surface area (Å²) in [7, 11) is 1.38. The van der Waals surface area contributed by atoms with Gasteiger partial charge in [-0.3, -0.25) is 4.79 Å². The largest absolute Gasteiger partial charge is 0.479 e. The fraction of sp³-hybridized carbons (Fsp3) is 0.375. The smallest absolute Gasteiger partial charge is 0.312 e. The molecular weight excluding hydrogens is 200 g/mol. The SMILES string of the molecule is CCC(=O)Oc1nc(N)nc(OC)c1N. The summed E-state index contributed by atoms with van der Waals surface area (Å²) in [5, 5.41) is 0. The van der Waals surface area contributed by atoms with E-state index in [9.17, 15) is 4.79 Å². The molecule has 0 fully saturated rings. The normalized spacial score (nSPS) is 9.73. The van der Waals surface area contributed by atoms with Crippen molar-refractivity contribution in [3.8, 4) is 11.8 Å². The standard InChI is InChI=1S/C8H12N4O3/c1-3-4(13)15-7-5(9)6(14-2)11-8(10)12-7/h3,9H2,1-2H3,(H2,10,11,12). The molecule has 1 rings (SSSR count). The molecule has 0 amide bonds. The fourth-order valence-corrected chi connectivity index (χ4v) is 0.858. The third-order valence-corrected chi connectivity index (χ3v) is 1.59. The number of aromatic nitrogens is 2. The van der Waals surface area contributed by atoms with Gasteiger partial charge in [0.15, 0.2) is 5.69 Å². The van der Waals surface area contributed by atoms with Crippen LogP contribution in [0.1, 0.15) is 13.3 Å². The van der Waals surface area contributed by atoms with Crippen LogP contribution in [0, 0.1) is 0 Å². The van der Waals surface area contributed by atoms with Crippen LogP contribution in [0.25, 0.3) is 0 Å². The van der Waals surface area contributed by atoms with Gasteiger partial charge in [-0.05, 0) is 0 Å². The molecule has 0 aromatic carbocycles. The fourth-order valence-electron chi connectivity index (χ4n) is 0.858. The maximum atomic E-state index is 11.0. The lowest BCUT2D eigenvalue weighted by molar-refractivity contribution is -0.134. The highest BCUT2D eigenvalue weighted by molar-refractivity contribution is 5.74. The number of hydrogen-bond acceptors (Lipinski definition) is 7. The summed E-state index contributed by atoms with van der Waals surface area (Å²) in [4.78, 5) is 18.4. The highest BCUT2D eigenvalue weighted by Crippen LogP contribution is 2.28. The Bertz CT molecular complexity index is 380. The minimum Gasteiger partial charge on any atom is -0.479 e. The van der Waals surface area contributed by atoms with E-state index in [-0.39, 0.29) is 29.8 Å². The van der Waals surface area contributed by atoms with E-state index in [1.54, 1.807) is 6.92 Å². The minimum atomic E-state index is -0.457. The predicted octanol–water partition coefficient (Wildman–Crippen LogP) is -0.0350. The monoisotopic (exact) mass is 212 g/mol. The second-order valence-corrected chi connectivity index (χ2v) is 2.64. The average Bonchev–Trinajstić information content (AvgIpc) is 2.22. The van der Waals surface area contributed by atoms with E-state index in [1.807, 2.05) is 0 Å². The quantitative estimate of drug-likeness (QED) is 0.676. The number of nitrogen functional groups attached to an aromatic ring is 2. The van der Waals surface area contributed by atoms with Crippen molar-refractivity contribution in [1.82, 2.24) is 9.97 Å². The van der Waals surface area contributed by atoms with Gasteiger partial charge in [-0.25, -0.2) is 0 Å². The molecule has 1 aromatic heterocycles. The maximum Gasteiger partial charge on any atom is 0.312 e. The van der Waals surface area contributed by atoms with Crippen LogP contribution in [-0.4, -0.2) is 23.0 Å². The van der Waals surface area contributed by atoms with Crippen molar-refractivity contribution in [1.29, 1.82) is 0 Å². The molecule has 0 spiro atoms. The molecule has 4 N–H and O–H groups in total. The lowest BCUT2D eigenvalue weighted by Gasteiger charge is -2.08. The Labute approximate surface area is 86.4 Å². The van der Waals surface area contributed by atoms with Crippen molar-refractivity contribution in [2.45, 2.75) is 13.3 Å². The van der Waals surface area contributed by atoms with Crippen LogP contribution in [0.5, 0.6) is 11.8 Å². The molecule has 15 heavy (non-hydrogen) atoms. The topological polar surface area (TPSA) is 113 Å². The molecule has 0 unspecified atom stereocenters. The zero-order valence-electron chi connectivity index (χ0n) is 8.48. The van der Waals surface area contributed by atoms with Crippen LogP contribution >= 0.6 is 0 Å². The summed E-state index contributed by atoms with van der Waals surface area (Å²) in [5.74, 6) is -0.519. The number of carbonyl (C=O) groups is 1. The lowest BCUT2D eigenvalue weighted by atomic mass is 10.4. The number of ether oxygens (including phenoxy) is 2. The Morgan fingerprint density at radius 3 is 2.47 bits per heavy atom. The first-order valence-corrected chi connectivity index (χ1v) is 4.26. The van der Waals surface area contributed by atoms with Crippen molar-refractivity contribution < 1.29 is 14.3 Å². The van der Waals surface area contributed by atoms with Gasteiger partial charge in [0.1, 0.15) is 0 Å². The number of nitrogens with zero attached hydrogens (tertiary/aromatic N) is 2. The van der Waals surface area contributed by atoms with Crippen molar-refractivity contribution in [2.24, 2.45) is 0 Å². The summed E-state index contributed by atoms with van der Waals surface area (Å²) < 4.78 is 9.68. The van der Waals surface area contributed by atoms with Crippen LogP contribution in [-0.2, 0) is 4.79 Å². The number of hydrogen-bond donors (Lipinski definition) is 2. The molecule has 0 saturated carbocycles. The van der Waals surface area contributed by atoms with E-state index in [4.69, 9.17) is 20.9 Å². The Balaban J connectivity index is 3.06. The van der Waals surface area contributed by atoms with Gasteiger partial charge in [0.25, 0.3) is 5.88 Å². The van der Waals surface area contributed by atoms with Crippen LogP contribution in [0.3, 0.4) is 0 Å². The van der Waals surface area contributed by atoms with Crippen molar-refractivity contribution in [2.75, 3.05) is 18.6 Å². The number of esters is 1. The van der Waals surface area contributed by atoms with Gasteiger partial charge in [0.05, 0.1) is 7.11 Å². The number of nitrogens with two attached hydrogens (primary N) is 2. The van der Waals surface area contributed by atoms with Crippen molar-refractivity contribution in [3.05, 3.63) is 0 Å². The van der Waals surface area contributed by atoms with Gasteiger partial charge >= 0.3 is 5.97 Å². The first kappa shape index (κ1) is 11.0. The highest BCUT2D eigenvalue weighted by atomic mass is 16.5. The first-order valence-electron chi connectivity index (χ1n) is 4.26. The van der Waals surface area contributed by atoms with E-state index in [0.29, 0.717) is 0 Å². The molecular formula is C8H12N4O3. The molecule has 0 saturated heterocycles. The number of anilines is 2. The summed E-state index contributed by atoms with van der Waals surface area (Å²) in [6, 6.07) is 0. The molecule has 7 nitrogen and oxygen atoms in total. The number of rotatable bonds is 3. The zero-order chi connectivity index (χ0) is 11.4. The van der Waals surface area contributed by atoms with E-state index in [2.05, 4.69) is 9.97 Å². The molecule has 0 atom stereocenters. The van der Waals surface area contributed by atoms with E-state index in [0.717, 1.165) is 0 Å². The van der Waals surface area contributed by atoms with Gasteiger partial charge in [0.2, 0.25) is 11.8 Å². The molecule has 1 heterocycles. The Morgan fingerprint density at radius 1 is 1.33 bits per heavy atom. The van der Waals surface area contributed by atoms with Gasteiger partial charge < -0.3 is 20.9 Å². The average molecular weight is 212 g/mol. The third-order valence-electron chi connectivity index (χ3n) is 1.59. The molecule has 7 heteroatoms. The Kier molecular flexibility index (Phi) is 3.27. The van der Waals surface area contributed by atoms with Crippen LogP contribution in [0.4, 0.5) is 11.6 Å². The lowest BCUT2D eigenvalue weighted by Crippen LogP contribution is -2.11. The highest BCUT2D eigenvalue weighted by Gasteiger charge is 2.14. The van der Waals surface area contributed by atoms with Crippen LogP contribution in [0.2, 0.25) is 0 Å². The third kappa shape index (κ3) is 2.46. The molecule has 0 aliphatic heterocycles. The van der Waals surface area contributed by atoms with Crippen molar-refractivity contribution in [3.63, 3.8) is 0 Å². The van der Waals surface area contributed by atoms with E-state index >= 15 is 0 Å². The number of methoxy groups -OCH3 is 1. The summed E-state index contributed by atoms with van der Waals surface area (Å²) in [6.07, 6.45) is 0.214. The van der Waals surface area contributed by atoms with Crippen molar-refractivity contribution >= 4 is 17.6 Å². The Hall–Kier alpha value is -2.05. The molecule has 0 radical (unpaired) electrons. The molecule has 0 bridgehead atoms. The Morgan fingerprint density at radius 2 is 1.93 bits per heavy atom. The molecule has 82 valence electrons. The van der Waals surface area contributed by atoms with Gasteiger partial charge in [-0.2, -0.15) is 9.97 Å². The second-order valence-electron chi connectivity index (χ2n) is 2.64. The summed E-state index contributed by atoms with van der Waals surface area (Å²) in [6.45, 7) is 1.65. The minimum absolute atomic E-state index is 0.0495. The predicted molar refractivity (Wildman–Crippen MR) is 53.3 cm³/mol. The van der Waals surface area contributed by atoms with Gasteiger partial charge in [0, 0.05) is 6.42 Å². The molecule has 1 aromatic rings. The molecule has 0 aliphatic carbocycles. The maximum absolute atomic E-state index is 11.0. The van der Waals surface area contributed by atoms with Crippen LogP contribution in [0.15, 0.2) is 0 Å². The second kappa shape index (κ2) is 4.45. The van der Waals surface area contributed by atoms with Crippen LogP contribution < -0.4 is 20.9 Å². The number of carbonyl (C=O) groups excluding carboxylic acids is 1. The van der Waals surface area contributed by atoms with E-state index < -0.39 is 5.97 Å². The summed E-state index contributed by atoms with van der Waals surface area (Å²) >= 11 is 0. The van der Waals surface area contributed by atoms with Gasteiger partial charge in [-0.1, -0.05) is 6.92 Å². The molecule has 0 aliphatic rings. The van der Waals surface area contributed by atoms with E-state index in [1.165, 1.54) is 7.11 Å². The first-order chi connectivity index (χ1) is 7.08. The zero-order valence-corrected chi connectivity index (χ0v) is 8.48. The van der Waals surface area contributed by atoms with Gasteiger partial charge in [-0.15, -0.1) is 0 Å².